The first-order valence-electron chi connectivity index (χ1n) is 5.32. The van der Waals surface area contributed by atoms with E-state index in [-0.39, 0.29) is 0 Å². The first-order valence-corrected chi connectivity index (χ1v) is 5.32. The van der Waals surface area contributed by atoms with Crippen LogP contribution in [0.25, 0.3) is 0 Å². The highest BCUT2D eigenvalue weighted by Gasteiger charge is 2.15. The molecule has 1 aliphatic rings. The summed E-state index contributed by atoms with van der Waals surface area (Å²) in [6.45, 7) is 5.62. The normalized spacial score (nSPS) is 23.5. The van der Waals surface area contributed by atoms with Gasteiger partial charge in [0.1, 0.15) is 0 Å². The number of hydrogen-bond donors (Lipinski definition) is 1. The first-order chi connectivity index (χ1) is 5.88. The van der Waals surface area contributed by atoms with Gasteiger partial charge in [-0.2, -0.15) is 0 Å². The molecule has 1 atom stereocenters. The molecule has 2 N–H and O–H groups in total. The summed E-state index contributed by atoms with van der Waals surface area (Å²) in [7, 11) is 0. The van der Waals surface area contributed by atoms with Crippen molar-refractivity contribution in [1.82, 2.24) is 4.90 Å². The molecule has 1 rings (SSSR count). The number of nitrogens with two attached hydrogens (primary N) is 1. The lowest BCUT2D eigenvalue weighted by molar-refractivity contribution is 0.203. The third-order valence-corrected chi connectivity index (χ3v) is 2.90. The smallest absolute Gasteiger partial charge is 0.0215 e. The summed E-state index contributed by atoms with van der Waals surface area (Å²) in [4.78, 5) is 2.58. The van der Waals surface area contributed by atoms with Gasteiger partial charge in [0.05, 0.1) is 0 Å². The Hall–Kier alpha value is -0.0800. The Bertz CT molecular complexity index is 102. The van der Waals surface area contributed by atoms with Crippen molar-refractivity contribution in [3.63, 3.8) is 0 Å². The maximum absolute atomic E-state index is 5.72. The topological polar surface area (TPSA) is 29.3 Å². The van der Waals surface area contributed by atoms with Crippen molar-refractivity contribution in [3.05, 3.63) is 0 Å². The van der Waals surface area contributed by atoms with E-state index in [0.717, 1.165) is 6.54 Å². The highest BCUT2D eigenvalue weighted by atomic mass is 15.2. The Morgan fingerprint density at radius 3 is 2.17 bits per heavy atom. The number of likely N-dealkylation sites (tertiary alicyclic amines) is 1. The van der Waals surface area contributed by atoms with E-state index in [0.29, 0.717) is 6.04 Å². The lowest BCUT2D eigenvalue weighted by Gasteiger charge is -2.28. The van der Waals surface area contributed by atoms with Gasteiger partial charge < -0.3 is 5.73 Å². The molecule has 1 fully saturated rings. The van der Waals surface area contributed by atoms with Crippen LogP contribution in [0, 0.1) is 0 Å². The van der Waals surface area contributed by atoms with Gasteiger partial charge in [-0.05, 0) is 32.4 Å². The molecule has 1 aliphatic heterocycles. The minimum absolute atomic E-state index is 0.642. The zero-order valence-corrected chi connectivity index (χ0v) is 8.26. The molecule has 0 aromatic heterocycles. The van der Waals surface area contributed by atoms with Gasteiger partial charge in [0.15, 0.2) is 0 Å². The van der Waals surface area contributed by atoms with E-state index in [1.165, 1.54) is 45.2 Å². The van der Waals surface area contributed by atoms with Crippen molar-refractivity contribution in [3.8, 4) is 0 Å². The van der Waals surface area contributed by atoms with E-state index in [1.54, 1.807) is 0 Å². The zero-order chi connectivity index (χ0) is 8.81. The highest BCUT2D eigenvalue weighted by molar-refractivity contribution is 4.73. The quantitative estimate of drug-likeness (QED) is 0.697. The molecule has 0 radical (unpaired) electrons. The fourth-order valence-corrected chi connectivity index (χ4v) is 2.03. The van der Waals surface area contributed by atoms with E-state index in [9.17, 15) is 0 Å². The van der Waals surface area contributed by atoms with Gasteiger partial charge in [0, 0.05) is 12.6 Å². The largest absolute Gasteiger partial charge is 0.329 e. The molecule has 12 heavy (non-hydrogen) atoms. The van der Waals surface area contributed by atoms with E-state index in [2.05, 4.69) is 11.8 Å². The summed E-state index contributed by atoms with van der Waals surface area (Å²) in [5.74, 6) is 0. The van der Waals surface area contributed by atoms with Gasteiger partial charge >= 0.3 is 0 Å². The second kappa shape index (κ2) is 5.55. The summed E-state index contributed by atoms with van der Waals surface area (Å²) in [6.07, 6.45) is 6.78. The predicted octanol–water partition coefficient (Wildman–Crippen LogP) is 1.60. The van der Waals surface area contributed by atoms with Crippen LogP contribution >= 0.6 is 0 Å². The van der Waals surface area contributed by atoms with Crippen molar-refractivity contribution in [2.24, 2.45) is 5.73 Å². The average Bonchev–Trinajstić information content (AvgIpc) is 2.35. The van der Waals surface area contributed by atoms with Gasteiger partial charge in [-0.25, -0.2) is 0 Å². The van der Waals surface area contributed by atoms with Crippen LogP contribution < -0.4 is 5.73 Å². The number of hydrogen-bond acceptors (Lipinski definition) is 2. The monoisotopic (exact) mass is 170 g/mol. The Morgan fingerprint density at radius 1 is 1.17 bits per heavy atom. The molecule has 0 amide bonds. The third kappa shape index (κ3) is 2.76. The maximum atomic E-state index is 5.72. The molecule has 0 bridgehead atoms. The molecular weight excluding hydrogens is 148 g/mol. The Labute approximate surface area is 76.1 Å². The molecular formula is C10H22N2. The Kier molecular flexibility index (Phi) is 4.62. The lowest BCUT2D eigenvalue weighted by atomic mass is 10.2. The van der Waals surface area contributed by atoms with Crippen molar-refractivity contribution in [1.29, 1.82) is 0 Å². The van der Waals surface area contributed by atoms with Gasteiger partial charge in [0.25, 0.3) is 0 Å². The minimum atomic E-state index is 0.642. The van der Waals surface area contributed by atoms with Crippen LogP contribution in [0.4, 0.5) is 0 Å². The number of nitrogens with zero attached hydrogens (tertiary/aromatic N) is 1. The highest BCUT2D eigenvalue weighted by Crippen LogP contribution is 2.13. The molecule has 1 unspecified atom stereocenters. The molecule has 2 heteroatoms. The molecule has 0 spiro atoms. The summed E-state index contributed by atoms with van der Waals surface area (Å²) >= 11 is 0. The van der Waals surface area contributed by atoms with Crippen molar-refractivity contribution < 1.29 is 0 Å². The molecule has 1 saturated heterocycles. The fraction of sp³-hybridized carbons (Fsp3) is 1.00. The molecule has 0 saturated carbocycles. The van der Waals surface area contributed by atoms with E-state index in [4.69, 9.17) is 5.73 Å². The summed E-state index contributed by atoms with van der Waals surface area (Å²) in [5.41, 5.74) is 5.72. The average molecular weight is 170 g/mol. The van der Waals surface area contributed by atoms with E-state index < -0.39 is 0 Å². The van der Waals surface area contributed by atoms with Crippen LogP contribution in [0.5, 0.6) is 0 Å². The van der Waals surface area contributed by atoms with Crippen LogP contribution in [0.1, 0.15) is 39.0 Å². The van der Waals surface area contributed by atoms with Crippen molar-refractivity contribution in [2.45, 2.75) is 45.1 Å². The van der Waals surface area contributed by atoms with Crippen LogP contribution in [-0.4, -0.2) is 30.6 Å². The van der Waals surface area contributed by atoms with Gasteiger partial charge in [-0.15, -0.1) is 0 Å². The van der Waals surface area contributed by atoms with Crippen LogP contribution in [0.2, 0.25) is 0 Å². The molecule has 0 aromatic carbocycles. The SMILES string of the molecule is CCC(CN)N1CCCCCC1. The maximum Gasteiger partial charge on any atom is 0.0215 e. The Morgan fingerprint density at radius 2 is 1.75 bits per heavy atom. The lowest BCUT2D eigenvalue weighted by Crippen LogP contribution is -2.40. The molecule has 2 nitrogen and oxygen atoms in total. The molecule has 72 valence electrons. The van der Waals surface area contributed by atoms with Crippen molar-refractivity contribution >= 4 is 0 Å². The molecule has 0 aromatic rings. The fourth-order valence-electron chi connectivity index (χ4n) is 2.03. The second-order valence-electron chi connectivity index (χ2n) is 3.75. The second-order valence-corrected chi connectivity index (χ2v) is 3.75. The summed E-state index contributed by atoms with van der Waals surface area (Å²) in [6, 6.07) is 0.642. The van der Waals surface area contributed by atoms with Crippen LogP contribution in [0.15, 0.2) is 0 Å². The number of rotatable bonds is 3. The molecule has 0 aliphatic carbocycles. The van der Waals surface area contributed by atoms with Gasteiger partial charge in [-0.1, -0.05) is 19.8 Å². The zero-order valence-electron chi connectivity index (χ0n) is 8.26. The summed E-state index contributed by atoms with van der Waals surface area (Å²) in [5, 5.41) is 0. The standard InChI is InChI=1S/C10H22N2/c1-2-10(9-11)12-7-5-3-4-6-8-12/h10H,2-9,11H2,1H3. The summed E-state index contributed by atoms with van der Waals surface area (Å²) < 4.78 is 0. The predicted molar refractivity (Wildman–Crippen MR) is 53.2 cm³/mol. The van der Waals surface area contributed by atoms with Crippen molar-refractivity contribution in [2.75, 3.05) is 19.6 Å². The van der Waals surface area contributed by atoms with Gasteiger partial charge in [0.2, 0.25) is 0 Å². The Balaban J connectivity index is 2.35. The van der Waals surface area contributed by atoms with Crippen LogP contribution in [-0.2, 0) is 0 Å². The first kappa shape index (κ1) is 10.0. The van der Waals surface area contributed by atoms with Crippen LogP contribution in [0.3, 0.4) is 0 Å². The minimum Gasteiger partial charge on any atom is -0.329 e. The molecule has 1 heterocycles. The van der Waals surface area contributed by atoms with E-state index in [1.807, 2.05) is 0 Å². The van der Waals surface area contributed by atoms with E-state index >= 15 is 0 Å². The van der Waals surface area contributed by atoms with Gasteiger partial charge in [-0.3, -0.25) is 4.90 Å². The third-order valence-electron chi connectivity index (χ3n) is 2.90.